The maximum absolute atomic E-state index is 10.6. The van der Waals surface area contributed by atoms with Crippen LogP contribution < -0.4 is 9.47 Å². The van der Waals surface area contributed by atoms with Gasteiger partial charge in [0.15, 0.2) is 0 Å². The zero-order valence-electron chi connectivity index (χ0n) is 17.3. The van der Waals surface area contributed by atoms with Crippen molar-refractivity contribution in [3.8, 4) is 11.5 Å². The molecular formula is C25H26N2O3. The summed E-state index contributed by atoms with van der Waals surface area (Å²) in [7, 11) is 0. The molecule has 0 fully saturated rings. The monoisotopic (exact) mass is 402 g/mol. The highest BCUT2D eigenvalue weighted by Crippen LogP contribution is 2.20. The van der Waals surface area contributed by atoms with Gasteiger partial charge in [-0.15, -0.1) is 0 Å². The van der Waals surface area contributed by atoms with Crippen molar-refractivity contribution in [2.24, 2.45) is 0 Å². The molecule has 1 aromatic heterocycles. The highest BCUT2D eigenvalue weighted by atomic mass is 16.5. The van der Waals surface area contributed by atoms with E-state index in [1.165, 1.54) is 11.1 Å². The normalized spacial score (nSPS) is 12.1. The van der Waals surface area contributed by atoms with E-state index in [9.17, 15) is 5.11 Å². The molecule has 4 rings (SSSR count). The van der Waals surface area contributed by atoms with Gasteiger partial charge in [0.25, 0.3) is 0 Å². The molecule has 0 aliphatic heterocycles. The summed E-state index contributed by atoms with van der Waals surface area (Å²) in [5, 5.41) is 10.6. The molecule has 0 unspecified atom stereocenters. The topological polar surface area (TPSA) is 56.5 Å². The molecule has 0 saturated carbocycles. The number of nitrogens with zero attached hydrogens (tertiary/aromatic N) is 2. The molecule has 4 aromatic rings. The first-order valence-electron chi connectivity index (χ1n) is 10.1. The number of aromatic nitrogens is 2. The number of hydrogen-bond acceptors (Lipinski definition) is 4. The zero-order chi connectivity index (χ0) is 20.9. The molecule has 0 amide bonds. The minimum Gasteiger partial charge on any atom is -0.491 e. The summed E-state index contributed by atoms with van der Waals surface area (Å²) in [5.41, 5.74) is 4.21. The van der Waals surface area contributed by atoms with Crippen LogP contribution in [0.5, 0.6) is 11.5 Å². The molecule has 0 radical (unpaired) electrons. The van der Waals surface area contributed by atoms with Gasteiger partial charge in [0.1, 0.15) is 36.6 Å². The van der Waals surface area contributed by atoms with Gasteiger partial charge in [-0.3, -0.25) is 0 Å². The van der Waals surface area contributed by atoms with E-state index >= 15 is 0 Å². The first-order valence-corrected chi connectivity index (χ1v) is 10.1. The van der Waals surface area contributed by atoms with Crippen molar-refractivity contribution < 1.29 is 14.6 Å². The molecule has 1 heterocycles. The third-order valence-corrected chi connectivity index (χ3v) is 4.98. The van der Waals surface area contributed by atoms with E-state index in [0.29, 0.717) is 13.2 Å². The number of aliphatic hydroxyl groups is 1. The van der Waals surface area contributed by atoms with Crippen molar-refractivity contribution in [3.63, 3.8) is 0 Å². The fourth-order valence-electron chi connectivity index (χ4n) is 3.31. The third-order valence-electron chi connectivity index (χ3n) is 4.98. The fraction of sp³-hybridized carbons (Fsp3) is 0.240. The quantitative estimate of drug-likeness (QED) is 0.465. The van der Waals surface area contributed by atoms with Crippen molar-refractivity contribution in [1.82, 2.24) is 9.55 Å². The molecule has 0 aliphatic rings. The summed E-state index contributed by atoms with van der Waals surface area (Å²) in [6.07, 6.45) is -0.679. The molecule has 0 aliphatic carbocycles. The van der Waals surface area contributed by atoms with Gasteiger partial charge in [0.2, 0.25) is 0 Å². The zero-order valence-corrected chi connectivity index (χ0v) is 17.3. The van der Waals surface area contributed by atoms with Crippen molar-refractivity contribution in [2.45, 2.75) is 33.1 Å². The Morgan fingerprint density at radius 2 is 1.43 bits per heavy atom. The van der Waals surface area contributed by atoms with Crippen molar-refractivity contribution in [3.05, 3.63) is 89.7 Å². The van der Waals surface area contributed by atoms with Gasteiger partial charge in [-0.05, 0) is 50.2 Å². The van der Waals surface area contributed by atoms with Crippen LogP contribution in [-0.4, -0.2) is 27.4 Å². The highest BCUT2D eigenvalue weighted by molar-refractivity contribution is 5.75. The van der Waals surface area contributed by atoms with E-state index in [0.717, 1.165) is 28.4 Å². The van der Waals surface area contributed by atoms with Gasteiger partial charge in [-0.25, -0.2) is 4.98 Å². The lowest BCUT2D eigenvalue weighted by Gasteiger charge is -2.16. The van der Waals surface area contributed by atoms with Crippen molar-refractivity contribution in [2.75, 3.05) is 6.61 Å². The lowest BCUT2D eigenvalue weighted by Crippen LogP contribution is -2.25. The molecule has 5 heteroatoms. The third kappa shape index (κ3) is 4.81. The Balaban J connectivity index is 1.47. The number of benzene rings is 3. The molecule has 0 saturated heterocycles. The van der Waals surface area contributed by atoms with Gasteiger partial charge < -0.3 is 19.1 Å². The van der Waals surface area contributed by atoms with Crippen LogP contribution in [0.25, 0.3) is 11.0 Å². The Bertz CT molecular complexity index is 1100. The maximum atomic E-state index is 10.6. The molecule has 5 nitrogen and oxygen atoms in total. The van der Waals surface area contributed by atoms with Crippen LogP contribution in [0.3, 0.4) is 0 Å². The Morgan fingerprint density at radius 1 is 0.833 bits per heavy atom. The summed E-state index contributed by atoms with van der Waals surface area (Å²) in [6, 6.07) is 23.7. The summed E-state index contributed by atoms with van der Waals surface area (Å²) in [4.78, 5) is 4.71. The van der Waals surface area contributed by atoms with Gasteiger partial charge in [0, 0.05) is 0 Å². The fourth-order valence-corrected chi connectivity index (χ4v) is 3.31. The number of imidazole rings is 1. The Morgan fingerprint density at radius 3 is 2.10 bits per heavy atom. The molecule has 154 valence electrons. The van der Waals surface area contributed by atoms with Crippen LogP contribution in [0, 0.1) is 13.8 Å². The summed E-state index contributed by atoms with van der Waals surface area (Å²) in [5.74, 6) is 2.31. The molecule has 30 heavy (non-hydrogen) atoms. The van der Waals surface area contributed by atoms with Crippen molar-refractivity contribution >= 4 is 11.0 Å². The smallest absolute Gasteiger partial charge is 0.148 e. The summed E-state index contributed by atoms with van der Waals surface area (Å²) in [6.45, 7) is 4.97. The predicted octanol–water partition coefficient (Wildman–Crippen LogP) is 4.67. The van der Waals surface area contributed by atoms with E-state index in [1.807, 2.05) is 91.2 Å². The van der Waals surface area contributed by atoms with Crippen LogP contribution in [0.15, 0.2) is 72.8 Å². The van der Waals surface area contributed by atoms with Gasteiger partial charge in [0.05, 0.1) is 17.6 Å². The average molecular weight is 402 g/mol. The number of para-hydroxylation sites is 2. The van der Waals surface area contributed by atoms with E-state index < -0.39 is 6.10 Å². The second kappa shape index (κ2) is 9.01. The predicted molar refractivity (Wildman–Crippen MR) is 118 cm³/mol. The lowest BCUT2D eigenvalue weighted by atomic mass is 10.2. The van der Waals surface area contributed by atoms with Crippen LogP contribution in [0.4, 0.5) is 0 Å². The van der Waals surface area contributed by atoms with E-state index in [2.05, 4.69) is 0 Å². The average Bonchev–Trinajstić information content (AvgIpc) is 3.10. The Labute approximate surface area is 176 Å². The molecule has 1 atom stereocenters. The van der Waals surface area contributed by atoms with Gasteiger partial charge >= 0.3 is 0 Å². The largest absolute Gasteiger partial charge is 0.491 e. The molecule has 0 bridgehead atoms. The van der Waals surface area contributed by atoms with Crippen LogP contribution >= 0.6 is 0 Å². The minimum absolute atomic E-state index is 0.202. The highest BCUT2D eigenvalue weighted by Gasteiger charge is 2.15. The standard InChI is InChI=1S/C25H26N2O3/c1-18-7-11-21(12-8-18)29-16-20(28)15-27-24-6-4-3-5-23(24)26-25(27)17-30-22-13-9-19(2)10-14-22/h3-14,20,28H,15-17H2,1-2H3/t20-/m0/s1. The maximum Gasteiger partial charge on any atom is 0.148 e. The van der Waals surface area contributed by atoms with E-state index in [-0.39, 0.29) is 6.61 Å². The van der Waals surface area contributed by atoms with E-state index in [1.54, 1.807) is 0 Å². The number of ether oxygens (including phenoxy) is 2. The number of hydrogen-bond donors (Lipinski definition) is 1. The van der Waals surface area contributed by atoms with Crippen molar-refractivity contribution in [1.29, 1.82) is 0 Å². The minimum atomic E-state index is -0.679. The number of fused-ring (bicyclic) bond motifs is 1. The Kier molecular flexibility index (Phi) is 6.00. The number of aliphatic hydroxyl groups excluding tert-OH is 1. The van der Waals surface area contributed by atoms with Crippen LogP contribution in [0.2, 0.25) is 0 Å². The SMILES string of the molecule is Cc1ccc(OCc2nc3ccccc3n2C[C@H](O)COc2ccc(C)cc2)cc1. The molecular weight excluding hydrogens is 376 g/mol. The first kappa shape index (κ1) is 20.0. The molecule has 1 N–H and O–H groups in total. The summed E-state index contributed by atoms with van der Waals surface area (Å²) >= 11 is 0. The van der Waals surface area contributed by atoms with Crippen LogP contribution in [-0.2, 0) is 13.2 Å². The van der Waals surface area contributed by atoms with E-state index in [4.69, 9.17) is 14.5 Å². The van der Waals surface area contributed by atoms with Gasteiger partial charge in [-0.2, -0.15) is 0 Å². The number of aryl methyl sites for hydroxylation is 2. The Hall–Kier alpha value is -3.31. The molecule has 3 aromatic carbocycles. The molecule has 0 spiro atoms. The number of rotatable bonds is 8. The second-order valence-electron chi connectivity index (χ2n) is 7.51. The lowest BCUT2D eigenvalue weighted by molar-refractivity contribution is 0.0917. The van der Waals surface area contributed by atoms with Gasteiger partial charge in [-0.1, -0.05) is 47.5 Å². The van der Waals surface area contributed by atoms with Crippen LogP contribution in [0.1, 0.15) is 17.0 Å². The summed E-state index contributed by atoms with van der Waals surface area (Å²) < 4.78 is 13.7. The first-order chi connectivity index (χ1) is 14.6. The second-order valence-corrected chi connectivity index (χ2v) is 7.51.